The van der Waals surface area contributed by atoms with E-state index < -0.39 is 0 Å². The van der Waals surface area contributed by atoms with Gasteiger partial charge < -0.3 is 15.2 Å². The van der Waals surface area contributed by atoms with Gasteiger partial charge in [-0.3, -0.25) is 14.6 Å². The molecule has 0 aliphatic rings. The number of hydrogen-bond acceptors (Lipinski definition) is 3. The molecular weight excluding hydrogens is 316 g/mol. The highest BCUT2D eigenvalue weighted by atomic mass is 16.2. The Hall–Kier alpha value is -3.15. The molecule has 128 valence electrons. The van der Waals surface area contributed by atoms with Gasteiger partial charge in [-0.05, 0) is 31.2 Å². The molecular formula is C19H20N4O2. The maximum absolute atomic E-state index is 12.4. The van der Waals surface area contributed by atoms with Gasteiger partial charge in [-0.2, -0.15) is 0 Å². The van der Waals surface area contributed by atoms with E-state index in [2.05, 4.69) is 15.3 Å². The molecule has 0 radical (unpaired) electrons. The van der Waals surface area contributed by atoms with E-state index in [4.69, 9.17) is 0 Å². The first kappa shape index (κ1) is 16.7. The Labute approximate surface area is 145 Å². The van der Waals surface area contributed by atoms with Crippen molar-refractivity contribution in [3.8, 4) is 0 Å². The van der Waals surface area contributed by atoms with Crippen molar-refractivity contribution in [3.63, 3.8) is 0 Å². The van der Waals surface area contributed by atoms with Crippen molar-refractivity contribution in [3.05, 3.63) is 59.9 Å². The Balaban J connectivity index is 1.58. The first-order valence-corrected chi connectivity index (χ1v) is 8.04. The van der Waals surface area contributed by atoms with Crippen LogP contribution >= 0.6 is 0 Å². The third-order valence-corrected chi connectivity index (χ3v) is 4.00. The van der Waals surface area contributed by atoms with Gasteiger partial charge in [0.15, 0.2) is 0 Å². The number of pyridine rings is 1. The quantitative estimate of drug-likeness (QED) is 0.751. The molecule has 0 atom stereocenters. The molecule has 6 nitrogen and oxygen atoms in total. The third kappa shape index (κ3) is 4.03. The summed E-state index contributed by atoms with van der Waals surface area (Å²) in [5, 5.41) is 2.79. The van der Waals surface area contributed by atoms with E-state index in [0.717, 1.165) is 27.8 Å². The number of anilines is 1. The first-order chi connectivity index (χ1) is 12.0. The summed E-state index contributed by atoms with van der Waals surface area (Å²) in [7, 11) is 1.62. The van der Waals surface area contributed by atoms with Gasteiger partial charge in [-0.25, -0.2) is 0 Å². The molecule has 0 bridgehead atoms. The lowest BCUT2D eigenvalue weighted by atomic mass is 10.2. The number of carbonyl (C=O) groups excluding carboxylic acids is 2. The van der Waals surface area contributed by atoms with Gasteiger partial charge in [-0.1, -0.05) is 17.7 Å². The number of aromatic amines is 1. The van der Waals surface area contributed by atoms with Crippen LogP contribution in [0.2, 0.25) is 0 Å². The molecule has 3 aromatic rings. The van der Waals surface area contributed by atoms with E-state index in [1.54, 1.807) is 19.4 Å². The molecule has 0 unspecified atom stereocenters. The zero-order chi connectivity index (χ0) is 17.8. The second-order valence-corrected chi connectivity index (χ2v) is 6.05. The Morgan fingerprint density at radius 1 is 1.20 bits per heavy atom. The van der Waals surface area contributed by atoms with Crippen molar-refractivity contribution in [2.45, 2.75) is 13.3 Å². The Bertz CT molecular complexity index is 899. The van der Waals surface area contributed by atoms with Crippen LogP contribution < -0.4 is 5.32 Å². The lowest BCUT2D eigenvalue weighted by Gasteiger charge is -2.16. The van der Waals surface area contributed by atoms with Crippen LogP contribution in [0.25, 0.3) is 11.0 Å². The highest BCUT2D eigenvalue weighted by molar-refractivity contribution is 5.95. The predicted molar refractivity (Wildman–Crippen MR) is 97.2 cm³/mol. The predicted octanol–water partition coefficient (Wildman–Crippen LogP) is 2.51. The summed E-state index contributed by atoms with van der Waals surface area (Å²) >= 11 is 0. The zero-order valence-electron chi connectivity index (χ0n) is 14.2. The maximum atomic E-state index is 12.4. The second-order valence-electron chi connectivity index (χ2n) is 6.05. The van der Waals surface area contributed by atoms with Crippen LogP contribution in [-0.4, -0.2) is 40.3 Å². The monoisotopic (exact) mass is 336 g/mol. The number of nitrogens with one attached hydrogen (secondary N) is 2. The number of rotatable bonds is 5. The summed E-state index contributed by atoms with van der Waals surface area (Å²) in [6.45, 7) is 1.99. The molecule has 0 saturated carbocycles. The smallest absolute Gasteiger partial charge is 0.243 e. The molecule has 0 aliphatic heterocycles. The van der Waals surface area contributed by atoms with Crippen LogP contribution in [0.1, 0.15) is 11.1 Å². The highest BCUT2D eigenvalue weighted by Gasteiger charge is 2.16. The average molecular weight is 336 g/mol. The molecule has 2 N–H and O–H groups in total. The second kappa shape index (κ2) is 7.17. The molecule has 3 rings (SSSR count). The summed E-state index contributed by atoms with van der Waals surface area (Å²) in [6, 6.07) is 11.3. The highest BCUT2D eigenvalue weighted by Crippen LogP contribution is 2.16. The number of benzene rings is 1. The third-order valence-electron chi connectivity index (χ3n) is 4.00. The van der Waals surface area contributed by atoms with Crippen LogP contribution in [-0.2, 0) is 16.0 Å². The Kier molecular flexibility index (Phi) is 4.79. The molecule has 0 fully saturated rings. The van der Waals surface area contributed by atoms with Crippen molar-refractivity contribution >= 4 is 28.5 Å². The summed E-state index contributed by atoms with van der Waals surface area (Å²) in [6.07, 6.45) is 3.68. The van der Waals surface area contributed by atoms with E-state index >= 15 is 0 Å². The fourth-order valence-corrected chi connectivity index (χ4v) is 2.58. The molecule has 0 saturated heterocycles. The van der Waals surface area contributed by atoms with Crippen LogP contribution in [0.4, 0.5) is 5.69 Å². The van der Waals surface area contributed by atoms with E-state index in [1.165, 1.54) is 4.90 Å². The van der Waals surface area contributed by atoms with Gasteiger partial charge in [0.1, 0.15) is 0 Å². The maximum Gasteiger partial charge on any atom is 0.243 e. The van der Waals surface area contributed by atoms with Gasteiger partial charge in [0.05, 0.1) is 24.0 Å². The number of aryl methyl sites for hydroxylation is 1. The number of amides is 2. The molecule has 2 aromatic heterocycles. The average Bonchev–Trinajstić information content (AvgIpc) is 3.00. The number of hydrogen-bond donors (Lipinski definition) is 2. The van der Waals surface area contributed by atoms with Gasteiger partial charge in [0.2, 0.25) is 11.8 Å². The largest absolute Gasteiger partial charge is 0.360 e. The van der Waals surface area contributed by atoms with Gasteiger partial charge >= 0.3 is 0 Å². The Morgan fingerprint density at radius 3 is 2.72 bits per heavy atom. The number of nitrogens with zero attached hydrogens (tertiary/aromatic N) is 2. The minimum Gasteiger partial charge on any atom is -0.360 e. The van der Waals surface area contributed by atoms with Crippen molar-refractivity contribution < 1.29 is 9.59 Å². The molecule has 1 aromatic carbocycles. The fourth-order valence-electron chi connectivity index (χ4n) is 2.58. The minimum absolute atomic E-state index is 0.00247. The zero-order valence-corrected chi connectivity index (χ0v) is 14.2. The molecule has 6 heteroatoms. The number of aromatic nitrogens is 2. The number of fused-ring (bicyclic) bond motifs is 1. The van der Waals surface area contributed by atoms with Crippen molar-refractivity contribution in [1.29, 1.82) is 0 Å². The van der Waals surface area contributed by atoms with E-state index in [9.17, 15) is 9.59 Å². The molecule has 0 spiro atoms. The summed E-state index contributed by atoms with van der Waals surface area (Å²) in [5.41, 5.74) is 4.35. The van der Waals surface area contributed by atoms with Crippen molar-refractivity contribution in [2.24, 2.45) is 0 Å². The lowest BCUT2D eigenvalue weighted by Crippen LogP contribution is -2.35. The molecule has 2 amide bonds. The van der Waals surface area contributed by atoms with Gasteiger partial charge in [-0.15, -0.1) is 0 Å². The molecule has 2 heterocycles. The fraction of sp³-hybridized carbons (Fsp3) is 0.211. The molecule has 25 heavy (non-hydrogen) atoms. The SMILES string of the molecule is Cc1ccc(NC(=O)CN(C)C(=O)Cc2c[nH]c3cccnc23)cc1. The summed E-state index contributed by atoms with van der Waals surface area (Å²) in [4.78, 5) is 33.3. The lowest BCUT2D eigenvalue weighted by molar-refractivity contribution is -0.132. The van der Waals surface area contributed by atoms with Crippen LogP contribution in [0.3, 0.4) is 0 Å². The summed E-state index contributed by atoms with van der Waals surface area (Å²) in [5.74, 6) is -0.359. The Morgan fingerprint density at radius 2 is 1.96 bits per heavy atom. The molecule has 0 aliphatic carbocycles. The van der Waals surface area contributed by atoms with Crippen molar-refractivity contribution in [1.82, 2.24) is 14.9 Å². The minimum atomic E-state index is -0.225. The number of likely N-dealkylation sites (N-methyl/N-ethyl adjacent to an activating group) is 1. The van der Waals surface area contributed by atoms with Crippen LogP contribution in [0.5, 0.6) is 0 Å². The topological polar surface area (TPSA) is 78.1 Å². The van der Waals surface area contributed by atoms with E-state index in [0.29, 0.717) is 0 Å². The normalized spacial score (nSPS) is 10.6. The van der Waals surface area contributed by atoms with Crippen LogP contribution in [0, 0.1) is 6.92 Å². The standard InChI is InChI=1S/C19H20N4O2/c1-13-5-7-15(8-6-13)22-17(24)12-23(2)18(25)10-14-11-21-16-4-3-9-20-19(14)16/h3-9,11,21H,10,12H2,1-2H3,(H,22,24). The van der Waals surface area contributed by atoms with Crippen LogP contribution in [0.15, 0.2) is 48.8 Å². The number of H-pyrrole nitrogens is 1. The first-order valence-electron chi connectivity index (χ1n) is 8.04. The van der Waals surface area contributed by atoms with E-state index in [1.807, 2.05) is 43.3 Å². The van der Waals surface area contributed by atoms with Crippen molar-refractivity contribution in [2.75, 3.05) is 18.9 Å². The summed E-state index contributed by atoms with van der Waals surface area (Å²) < 4.78 is 0. The number of carbonyl (C=O) groups is 2. The van der Waals surface area contributed by atoms with Gasteiger partial charge in [0.25, 0.3) is 0 Å². The van der Waals surface area contributed by atoms with E-state index in [-0.39, 0.29) is 24.8 Å². The van der Waals surface area contributed by atoms with Gasteiger partial charge in [0, 0.05) is 30.7 Å².